The number of fused-ring (bicyclic) bond motifs is 1. The van der Waals surface area contributed by atoms with Crippen LogP contribution >= 0.6 is 0 Å². The Morgan fingerprint density at radius 2 is 1.80 bits per heavy atom. The van der Waals surface area contributed by atoms with Gasteiger partial charge >= 0.3 is 0 Å². The van der Waals surface area contributed by atoms with Crippen LogP contribution in [-0.2, 0) is 0 Å². The zero-order chi connectivity index (χ0) is 13.8. The second-order valence-corrected chi connectivity index (χ2v) is 5.55. The first-order chi connectivity index (χ1) is 9.90. The van der Waals surface area contributed by atoms with Crippen molar-refractivity contribution in [1.29, 1.82) is 0 Å². The maximum atomic E-state index is 5.89. The highest BCUT2D eigenvalue weighted by atomic mass is 15.2. The van der Waals surface area contributed by atoms with Gasteiger partial charge in [-0.3, -0.25) is 5.84 Å². The Kier molecular flexibility index (Phi) is 4.14. The molecule has 0 spiro atoms. The average Bonchev–Trinajstić information content (AvgIpc) is 2.78. The summed E-state index contributed by atoms with van der Waals surface area (Å²) >= 11 is 0. The summed E-state index contributed by atoms with van der Waals surface area (Å²) in [4.78, 5) is 0. The van der Waals surface area contributed by atoms with E-state index in [4.69, 9.17) is 5.84 Å². The van der Waals surface area contributed by atoms with Crippen LogP contribution in [0, 0.1) is 0 Å². The van der Waals surface area contributed by atoms with Gasteiger partial charge in [0.25, 0.3) is 0 Å². The molecule has 0 radical (unpaired) electrons. The van der Waals surface area contributed by atoms with Gasteiger partial charge in [0.1, 0.15) is 0 Å². The van der Waals surface area contributed by atoms with Crippen LogP contribution in [0.25, 0.3) is 10.8 Å². The fraction of sp³-hybridized carbons (Fsp3) is 0.333. The molecule has 20 heavy (non-hydrogen) atoms. The molecular weight excluding hydrogens is 244 g/mol. The number of nitrogens with two attached hydrogens (primary N) is 1. The van der Waals surface area contributed by atoms with Crippen LogP contribution in [0.5, 0.6) is 0 Å². The molecule has 0 saturated heterocycles. The summed E-state index contributed by atoms with van der Waals surface area (Å²) in [6.45, 7) is 0. The number of hydrazine groups is 1. The van der Waals surface area contributed by atoms with Gasteiger partial charge in [0.05, 0.1) is 6.04 Å². The number of benzene rings is 2. The van der Waals surface area contributed by atoms with Crippen molar-refractivity contribution in [2.45, 2.75) is 38.1 Å². The van der Waals surface area contributed by atoms with Crippen molar-refractivity contribution in [2.75, 3.05) is 0 Å². The number of rotatable bonds is 3. The molecule has 104 valence electrons. The van der Waals surface area contributed by atoms with Crippen molar-refractivity contribution >= 4 is 10.8 Å². The maximum Gasteiger partial charge on any atom is 0.0676 e. The van der Waals surface area contributed by atoms with E-state index in [0.717, 1.165) is 6.42 Å². The van der Waals surface area contributed by atoms with E-state index in [0.29, 0.717) is 0 Å². The van der Waals surface area contributed by atoms with Crippen LogP contribution in [0.1, 0.15) is 43.7 Å². The lowest BCUT2D eigenvalue weighted by Gasteiger charge is -2.21. The Bertz CT molecular complexity index is 610. The first kappa shape index (κ1) is 13.3. The molecule has 2 nitrogen and oxygen atoms in total. The molecule has 1 atom stereocenters. The lowest BCUT2D eigenvalue weighted by atomic mass is 9.92. The largest absolute Gasteiger partial charge is 0.271 e. The molecule has 0 amide bonds. The normalized spacial score (nSPS) is 17.6. The van der Waals surface area contributed by atoms with Crippen molar-refractivity contribution in [3.63, 3.8) is 0 Å². The quantitative estimate of drug-likeness (QED) is 0.495. The SMILES string of the molecule is NNC(C1=CCCCCC1)c1cccc2ccccc12. The van der Waals surface area contributed by atoms with Gasteiger partial charge in [-0.25, -0.2) is 5.43 Å². The van der Waals surface area contributed by atoms with Gasteiger partial charge in [-0.15, -0.1) is 0 Å². The van der Waals surface area contributed by atoms with Gasteiger partial charge in [-0.1, -0.05) is 60.5 Å². The van der Waals surface area contributed by atoms with Crippen molar-refractivity contribution in [3.8, 4) is 0 Å². The zero-order valence-electron chi connectivity index (χ0n) is 11.8. The summed E-state index contributed by atoms with van der Waals surface area (Å²) in [5.41, 5.74) is 5.78. The minimum Gasteiger partial charge on any atom is -0.271 e. The van der Waals surface area contributed by atoms with E-state index in [1.807, 2.05) is 0 Å². The lowest BCUT2D eigenvalue weighted by molar-refractivity contribution is 0.596. The molecule has 3 rings (SSSR count). The highest BCUT2D eigenvalue weighted by Crippen LogP contribution is 2.32. The van der Waals surface area contributed by atoms with Gasteiger partial charge in [0.2, 0.25) is 0 Å². The lowest BCUT2D eigenvalue weighted by Crippen LogP contribution is -2.29. The van der Waals surface area contributed by atoms with Crippen molar-refractivity contribution in [1.82, 2.24) is 5.43 Å². The molecule has 0 fully saturated rings. The van der Waals surface area contributed by atoms with E-state index in [1.54, 1.807) is 0 Å². The standard InChI is InChI=1S/C18H22N2/c19-20-18(15-9-3-1-2-4-10-15)17-13-7-11-14-8-5-6-12-16(14)17/h5-9,11-13,18,20H,1-4,10,19H2. The summed E-state index contributed by atoms with van der Waals surface area (Å²) in [6.07, 6.45) is 8.62. The summed E-state index contributed by atoms with van der Waals surface area (Å²) in [6, 6.07) is 15.1. The third-order valence-electron chi connectivity index (χ3n) is 4.25. The second-order valence-electron chi connectivity index (χ2n) is 5.55. The number of hydrogen-bond acceptors (Lipinski definition) is 2. The smallest absolute Gasteiger partial charge is 0.0676 e. The molecule has 2 aromatic rings. The summed E-state index contributed by atoms with van der Waals surface area (Å²) < 4.78 is 0. The Hall–Kier alpha value is -1.64. The Morgan fingerprint density at radius 3 is 2.70 bits per heavy atom. The molecule has 0 heterocycles. The Morgan fingerprint density at radius 1 is 0.950 bits per heavy atom. The van der Waals surface area contributed by atoms with Gasteiger partial charge in [-0.2, -0.15) is 0 Å². The predicted molar refractivity (Wildman–Crippen MR) is 85.2 cm³/mol. The Labute approximate surface area is 120 Å². The van der Waals surface area contributed by atoms with Crippen molar-refractivity contribution in [2.24, 2.45) is 5.84 Å². The van der Waals surface area contributed by atoms with Crippen LogP contribution in [0.2, 0.25) is 0 Å². The van der Waals surface area contributed by atoms with E-state index >= 15 is 0 Å². The van der Waals surface area contributed by atoms with Crippen LogP contribution in [-0.4, -0.2) is 0 Å². The number of allylic oxidation sites excluding steroid dienone is 1. The van der Waals surface area contributed by atoms with E-state index in [2.05, 4.69) is 54.0 Å². The fourth-order valence-corrected chi connectivity index (χ4v) is 3.20. The molecule has 1 aliphatic rings. The van der Waals surface area contributed by atoms with Gasteiger partial charge < -0.3 is 0 Å². The second kappa shape index (κ2) is 6.21. The monoisotopic (exact) mass is 266 g/mol. The van der Waals surface area contributed by atoms with Gasteiger partial charge in [-0.05, 0) is 42.0 Å². The first-order valence-electron chi connectivity index (χ1n) is 7.53. The molecule has 0 saturated carbocycles. The predicted octanol–water partition coefficient (Wildman–Crippen LogP) is 4.23. The zero-order valence-corrected chi connectivity index (χ0v) is 11.8. The van der Waals surface area contributed by atoms with E-state index in [-0.39, 0.29) is 6.04 Å². The van der Waals surface area contributed by atoms with Gasteiger partial charge in [0, 0.05) is 0 Å². The third kappa shape index (κ3) is 2.62. The molecule has 2 heteroatoms. The van der Waals surface area contributed by atoms with E-state index in [9.17, 15) is 0 Å². The van der Waals surface area contributed by atoms with E-state index < -0.39 is 0 Å². The first-order valence-corrected chi connectivity index (χ1v) is 7.53. The molecule has 1 unspecified atom stereocenters. The molecule has 0 aliphatic heterocycles. The van der Waals surface area contributed by atoms with Crippen LogP contribution in [0.15, 0.2) is 54.1 Å². The highest BCUT2D eigenvalue weighted by molar-refractivity contribution is 5.86. The van der Waals surface area contributed by atoms with Crippen LogP contribution in [0.4, 0.5) is 0 Å². The molecule has 0 aromatic heterocycles. The number of hydrogen-bond donors (Lipinski definition) is 2. The minimum atomic E-state index is 0.138. The highest BCUT2D eigenvalue weighted by Gasteiger charge is 2.18. The van der Waals surface area contributed by atoms with Crippen molar-refractivity contribution < 1.29 is 0 Å². The molecule has 3 N–H and O–H groups in total. The molecular formula is C18H22N2. The van der Waals surface area contributed by atoms with Crippen LogP contribution < -0.4 is 11.3 Å². The molecule has 2 aromatic carbocycles. The third-order valence-corrected chi connectivity index (χ3v) is 4.25. The van der Waals surface area contributed by atoms with Crippen LogP contribution in [0.3, 0.4) is 0 Å². The Balaban J connectivity index is 2.05. The molecule has 0 bridgehead atoms. The fourth-order valence-electron chi connectivity index (χ4n) is 3.20. The molecule has 1 aliphatic carbocycles. The summed E-state index contributed by atoms with van der Waals surface area (Å²) in [5.74, 6) is 5.89. The summed E-state index contributed by atoms with van der Waals surface area (Å²) in [7, 11) is 0. The minimum absolute atomic E-state index is 0.138. The summed E-state index contributed by atoms with van der Waals surface area (Å²) in [5, 5.41) is 2.57. The van der Waals surface area contributed by atoms with Gasteiger partial charge in [0.15, 0.2) is 0 Å². The van der Waals surface area contributed by atoms with Crippen molar-refractivity contribution in [3.05, 3.63) is 59.7 Å². The van der Waals surface area contributed by atoms with E-state index in [1.165, 1.54) is 47.6 Å². The average molecular weight is 266 g/mol. The number of nitrogens with one attached hydrogen (secondary N) is 1. The maximum absolute atomic E-state index is 5.89. The topological polar surface area (TPSA) is 38.0 Å².